The molecule has 0 aromatic heterocycles. The van der Waals surface area contributed by atoms with E-state index in [9.17, 15) is 48.9 Å². The van der Waals surface area contributed by atoms with Crippen LogP contribution in [0.25, 0.3) is 0 Å². The minimum atomic E-state index is -6.53. The van der Waals surface area contributed by atoms with Crippen LogP contribution in [0.15, 0.2) is 25.2 Å². The highest BCUT2D eigenvalue weighted by Crippen LogP contribution is 2.38. The van der Waals surface area contributed by atoms with Gasteiger partial charge in [0, 0.05) is 0 Å². The van der Waals surface area contributed by atoms with Crippen LogP contribution in [0.2, 0.25) is 0 Å². The summed E-state index contributed by atoms with van der Waals surface area (Å²) in [5.74, 6) is -12.6. The van der Waals surface area contributed by atoms with Crippen molar-refractivity contribution in [2.45, 2.75) is 17.2 Å². The average molecular weight is 401 g/mol. The Balaban J connectivity index is 6.10. The highest BCUT2D eigenvalue weighted by Gasteiger charge is 2.69. The molecule has 0 aliphatic heterocycles. The Hall–Kier alpha value is -2.13. The van der Waals surface area contributed by atoms with Crippen LogP contribution in [0.3, 0.4) is 0 Å². The van der Waals surface area contributed by atoms with Gasteiger partial charge < -0.3 is 18.8 Å². The van der Waals surface area contributed by atoms with Crippen molar-refractivity contribution >= 4 is 22.1 Å². The van der Waals surface area contributed by atoms with Crippen molar-refractivity contribution < 1.29 is 63.1 Å². The molecule has 0 aliphatic carbocycles. The fraction of sp³-hybridized carbons (Fsp3) is 0.400. The average Bonchev–Trinajstić information content (AvgIpc) is 2.40. The third-order valence-electron chi connectivity index (χ3n) is 2.10. The Bertz CT molecular complexity index is 669. The SMILES string of the molecule is C=COC(=O)C(OCC(F)(F)S(=O)(=O)[O-])(OC(=O)C(=C)F)C(F)(F)F. The van der Waals surface area contributed by atoms with E-state index in [4.69, 9.17) is 0 Å². The van der Waals surface area contributed by atoms with Gasteiger partial charge >= 0.3 is 29.2 Å². The maximum Gasteiger partial charge on any atom is 0.468 e. The van der Waals surface area contributed by atoms with E-state index in [-0.39, 0.29) is 6.26 Å². The van der Waals surface area contributed by atoms with Crippen molar-refractivity contribution in [2.75, 3.05) is 6.61 Å². The summed E-state index contributed by atoms with van der Waals surface area (Å²) in [6.07, 6.45) is -6.15. The van der Waals surface area contributed by atoms with E-state index >= 15 is 0 Å². The molecule has 0 aromatic carbocycles. The molecular formula is C10H7F6O8S-. The van der Waals surface area contributed by atoms with Crippen LogP contribution in [0.5, 0.6) is 0 Å². The van der Waals surface area contributed by atoms with Gasteiger partial charge in [-0.1, -0.05) is 13.2 Å². The first-order valence-electron chi connectivity index (χ1n) is 5.45. The van der Waals surface area contributed by atoms with Gasteiger partial charge in [0.1, 0.15) is 6.61 Å². The summed E-state index contributed by atoms with van der Waals surface area (Å²) in [7, 11) is -6.53. The molecule has 0 rings (SSSR count). The number of esters is 2. The largest absolute Gasteiger partial charge is 0.743 e. The quantitative estimate of drug-likeness (QED) is 0.148. The Labute approximate surface area is 135 Å². The van der Waals surface area contributed by atoms with Crippen molar-refractivity contribution in [1.29, 1.82) is 0 Å². The van der Waals surface area contributed by atoms with Crippen molar-refractivity contribution in [3.8, 4) is 0 Å². The van der Waals surface area contributed by atoms with E-state index < -0.39 is 51.7 Å². The number of alkyl halides is 5. The molecular weight excluding hydrogens is 394 g/mol. The monoisotopic (exact) mass is 401 g/mol. The zero-order chi connectivity index (χ0) is 20.3. The van der Waals surface area contributed by atoms with Gasteiger partial charge in [-0.05, 0) is 0 Å². The Morgan fingerprint density at radius 2 is 1.64 bits per heavy atom. The molecule has 0 N–H and O–H groups in total. The van der Waals surface area contributed by atoms with Gasteiger partial charge in [-0.25, -0.2) is 18.0 Å². The van der Waals surface area contributed by atoms with Crippen LogP contribution in [0.4, 0.5) is 26.3 Å². The predicted octanol–water partition coefficient (Wildman–Crippen LogP) is 1.11. The van der Waals surface area contributed by atoms with E-state index in [1.807, 2.05) is 0 Å². The number of hydrogen-bond donors (Lipinski definition) is 0. The Morgan fingerprint density at radius 1 is 1.16 bits per heavy atom. The molecule has 0 radical (unpaired) electrons. The van der Waals surface area contributed by atoms with Gasteiger partial charge in [0.25, 0.3) is 0 Å². The van der Waals surface area contributed by atoms with Crippen LogP contribution < -0.4 is 0 Å². The first-order valence-corrected chi connectivity index (χ1v) is 6.86. The van der Waals surface area contributed by atoms with Gasteiger partial charge in [-0.3, -0.25) is 0 Å². The van der Waals surface area contributed by atoms with Crippen molar-refractivity contribution in [2.24, 2.45) is 0 Å². The second-order valence-electron chi connectivity index (χ2n) is 3.86. The number of halogens is 6. The standard InChI is InChI=1S/C10H8F6O8S/c1-3-22-7(18)9(10(14,15)16,24-6(17)5(2)11)23-4-8(12,13)25(19,20)21/h3H,1-2,4H2,(H,19,20,21)/p-1. The maximum absolute atomic E-state index is 13.1. The molecule has 0 aliphatic rings. The zero-order valence-corrected chi connectivity index (χ0v) is 12.5. The van der Waals surface area contributed by atoms with Crippen molar-refractivity contribution in [1.82, 2.24) is 0 Å². The molecule has 0 bridgehead atoms. The molecule has 0 saturated carbocycles. The summed E-state index contributed by atoms with van der Waals surface area (Å²) in [6.45, 7) is 2.02. The summed E-state index contributed by atoms with van der Waals surface area (Å²) < 4.78 is 119. The number of hydrogen-bond acceptors (Lipinski definition) is 8. The first kappa shape index (κ1) is 22.9. The number of ether oxygens (including phenoxy) is 3. The molecule has 25 heavy (non-hydrogen) atoms. The van der Waals surface area contributed by atoms with E-state index in [1.165, 1.54) is 0 Å². The van der Waals surface area contributed by atoms with Gasteiger partial charge in [-0.15, -0.1) is 0 Å². The summed E-state index contributed by atoms with van der Waals surface area (Å²) >= 11 is 0. The van der Waals surface area contributed by atoms with Gasteiger partial charge in [0.2, 0.25) is 5.83 Å². The predicted molar refractivity (Wildman–Crippen MR) is 62.0 cm³/mol. The fourth-order valence-corrected chi connectivity index (χ4v) is 1.19. The van der Waals surface area contributed by atoms with Crippen molar-refractivity contribution in [3.05, 3.63) is 25.2 Å². The summed E-state index contributed by atoms with van der Waals surface area (Å²) in [5.41, 5.74) is 0. The van der Waals surface area contributed by atoms with Gasteiger partial charge in [0.15, 0.2) is 10.1 Å². The van der Waals surface area contributed by atoms with E-state index in [0.29, 0.717) is 0 Å². The van der Waals surface area contributed by atoms with Crippen molar-refractivity contribution in [3.63, 3.8) is 0 Å². The Morgan fingerprint density at radius 3 is 1.96 bits per heavy atom. The molecule has 0 fully saturated rings. The highest BCUT2D eigenvalue weighted by molar-refractivity contribution is 7.86. The molecule has 15 heteroatoms. The molecule has 0 heterocycles. The fourth-order valence-electron chi connectivity index (χ4n) is 0.982. The van der Waals surface area contributed by atoms with Crippen LogP contribution in [-0.4, -0.2) is 48.7 Å². The third kappa shape index (κ3) is 5.17. The molecule has 1 unspecified atom stereocenters. The molecule has 0 spiro atoms. The maximum atomic E-state index is 13.1. The molecule has 0 aromatic rings. The topological polar surface area (TPSA) is 119 Å². The van der Waals surface area contributed by atoms with Gasteiger partial charge in [0.05, 0.1) is 6.26 Å². The smallest absolute Gasteiger partial charge is 0.468 e. The summed E-state index contributed by atoms with van der Waals surface area (Å²) in [5, 5.41) is -5.48. The number of rotatable bonds is 8. The van der Waals surface area contributed by atoms with Crippen LogP contribution in [-0.2, 0) is 33.9 Å². The van der Waals surface area contributed by atoms with Crippen LogP contribution >= 0.6 is 0 Å². The molecule has 0 amide bonds. The number of carbonyl (C=O) groups is 2. The molecule has 1 atom stereocenters. The van der Waals surface area contributed by atoms with E-state index in [1.54, 1.807) is 0 Å². The second kappa shape index (κ2) is 7.40. The number of carbonyl (C=O) groups excluding carboxylic acids is 2. The normalized spacial score (nSPS) is 15.0. The molecule has 8 nitrogen and oxygen atoms in total. The van der Waals surface area contributed by atoms with Gasteiger partial charge in [-0.2, -0.15) is 26.3 Å². The minimum absolute atomic E-state index is 0.0345. The lowest BCUT2D eigenvalue weighted by molar-refractivity contribution is -0.359. The minimum Gasteiger partial charge on any atom is -0.743 e. The lowest BCUT2D eigenvalue weighted by atomic mass is 10.2. The third-order valence-corrected chi connectivity index (χ3v) is 2.95. The Kier molecular flexibility index (Phi) is 6.77. The second-order valence-corrected chi connectivity index (χ2v) is 5.37. The van der Waals surface area contributed by atoms with E-state index in [0.717, 1.165) is 0 Å². The lowest BCUT2D eigenvalue weighted by Crippen LogP contribution is -2.59. The van der Waals surface area contributed by atoms with Crippen LogP contribution in [0.1, 0.15) is 0 Å². The zero-order valence-electron chi connectivity index (χ0n) is 11.6. The van der Waals surface area contributed by atoms with Crippen LogP contribution in [0, 0.1) is 0 Å². The summed E-state index contributed by atoms with van der Waals surface area (Å²) in [6, 6.07) is 0. The molecule has 144 valence electrons. The van der Waals surface area contributed by atoms with E-state index in [2.05, 4.69) is 27.4 Å². The first-order chi connectivity index (χ1) is 11.0. The lowest BCUT2D eigenvalue weighted by Gasteiger charge is -2.32. The highest BCUT2D eigenvalue weighted by atomic mass is 32.2. The summed E-state index contributed by atoms with van der Waals surface area (Å²) in [4.78, 5) is 22.4. The molecule has 0 saturated heterocycles.